The molecule has 0 spiro atoms. The number of carbonyl (C=O) groups is 3. The number of rotatable bonds is 5. The first-order valence-electron chi connectivity index (χ1n) is 9.51. The topological polar surface area (TPSA) is 92.9 Å². The largest absolute Gasteiger partial charge is 0.447 e. The standard InChI is InChI=1S/C22H25N3O4/c1-15-8-6-7-11-18(15)24-12-13-25(19(14-24)21(23)27)22(28)20(29-16(2)26)17-9-4-3-5-10-17/h3-11,19-20H,12-14H2,1-2H3,(H2,23,27). The Balaban J connectivity index is 1.86. The minimum absolute atomic E-state index is 0.285. The van der Waals surface area contributed by atoms with Gasteiger partial charge in [-0.3, -0.25) is 14.4 Å². The van der Waals surface area contributed by atoms with Gasteiger partial charge in [0, 0.05) is 37.8 Å². The molecular formula is C22H25N3O4. The second-order valence-electron chi connectivity index (χ2n) is 7.08. The fourth-order valence-electron chi connectivity index (χ4n) is 3.63. The van der Waals surface area contributed by atoms with Crippen LogP contribution < -0.4 is 10.6 Å². The minimum Gasteiger partial charge on any atom is -0.447 e. The maximum atomic E-state index is 13.3. The third kappa shape index (κ3) is 4.56. The quantitative estimate of drug-likeness (QED) is 0.780. The molecule has 29 heavy (non-hydrogen) atoms. The molecule has 0 aliphatic carbocycles. The Bertz CT molecular complexity index is 900. The van der Waals surface area contributed by atoms with Crippen LogP contribution in [-0.4, -0.2) is 48.4 Å². The van der Waals surface area contributed by atoms with E-state index >= 15 is 0 Å². The van der Waals surface area contributed by atoms with E-state index in [9.17, 15) is 14.4 Å². The molecule has 0 radical (unpaired) electrons. The molecule has 2 amide bonds. The molecule has 2 aromatic rings. The molecule has 2 N–H and O–H groups in total. The molecule has 3 rings (SSSR count). The zero-order valence-corrected chi connectivity index (χ0v) is 16.6. The van der Waals surface area contributed by atoms with Crippen LogP contribution in [-0.2, 0) is 19.1 Å². The van der Waals surface area contributed by atoms with Gasteiger partial charge in [-0.25, -0.2) is 0 Å². The smallest absolute Gasteiger partial charge is 0.303 e. The first-order valence-corrected chi connectivity index (χ1v) is 9.51. The maximum absolute atomic E-state index is 13.3. The van der Waals surface area contributed by atoms with Gasteiger partial charge in [0.05, 0.1) is 0 Å². The number of nitrogens with zero attached hydrogens (tertiary/aromatic N) is 2. The molecule has 2 unspecified atom stereocenters. The number of anilines is 1. The molecular weight excluding hydrogens is 370 g/mol. The number of para-hydroxylation sites is 1. The number of aryl methyl sites for hydroxylation is 1. The van der Waals surface area contributed by atoms with Crippen LogP contribution in [0.1, 0.15) is 24.2 Å². The molecule has 1 aliphatic rings. The van der Waals surface area contributed by atoms with E-state index in [2.05, 4.69) is 4.90 Å². The van der Waals surface area contributed by atoms with E-state index < -0.39 is 29.9 Å². The number of hydrogen-bond acceptors (Lipinski definition) is 5. The average Bonchev–Trinajstić information content (AvgIpc) is 2.72. The molecule has 1 fully saturated rings. The summed E-state index contributed by atoms with van der Waals surface area (Å²) in [6.45, 7) is 4.38. The molecule has 1 heterocycles. The summed E-state index contributed by atoms with van der Waals surface area (Å²) in [7, 11) is 0. The highest BCUT2D eigenvalue weighted by Gasteiger charge is 2.39. The van der Waals surface area contributed by atoms with Crippen LogP contribution in [0.2, 0.25) is 0 Å². The highest BCUT2D eigenvalue weighted by molar-refractivity contribution is 5.91. The van der Waals surface area contributed by atoms with E-state index in [0.717, 1.165) is 11.3 Å². The summed E-state index contributed by atoms with van der Waals surface area (Å²) in [5.41, 5.74) is 8.29. The van der Waals surface area contributed by atoms with Gasteiger partial charge in [-0.1, -0.05) is 48.5 Å². The van der Waals surface area contributed by atoms with E-state index in [4.69, 9.17) is 10.5 Å². The van der Waals surface area contributed by atoms with Gasteiger partial charge in [0.2, 0.25) is 12.0 Å². The fraction of sp³-hybridized carbons (Fsp3) is 0.318. The summed E-state index contributed by atoms with van der Waals surface area (Å²) in [6, 6.07) is 15.8. The Hall–Kier alpha value is -3.35. The Morgan fingerprint density at radius 1 is 1.03 bits per heavy atom. The van der Waals surface area contributed by atoms with Crippen molar-refractivity contribution in [1.82, 2.24) is 4.90 Å². The lowest BCUT2D eigenvalue weighted by atomic mass is 10.0. The fourth-order valence-corrected chi connectivity index (χ4v) is 3.63. The molecule has 0 bridgehead atoms. The van der Waals surface area contributed by atoms with Crippen molar-refractivity contribution in [2.24, 2.45) is 5.73 Å². The Kier molecular flexibility index (Phi) is 6.16. The van der Waals surface area contributed by atoms with Gasteiger partial charge in [0.15, 0.2) is 0 Å². The lowest BCUT2D eigenvalue weighted by Gasteiger charge is -2.42. The molecule has 7 heteroatoms. The van der Waals surface area contributed by atoms with Crippen molar-refractivity contribution < 1.29 is 19.1 Å². The van der Waals surface area contributed by atoms with Crippen LogP contribution in [0.25, 0.3) is 0 Å². The third-order valence-electron chi connectivity index (χ3n) is 5.06. The van der Waals surface area contributed by atoms with Gasteiger partial charge in [-0.05, 0) is 18.6 Å². The van der Waals surface area contributed by atoms with Crippen LogP contribution in [0.4, 0.5) is 5.69 Å². The van der Waals surface area contributed by atoms with Crippen molar-refractivity contribution in [2.45, 2.75) is 26.0 Å². The Labute approximate surface area is 170 Å². The first-order chi connectivity index (χ1) is 13.9. The molecule has 2 aromatic carbocycles. The number of esters is 1. The molecule has 1 saturated heterocycles. The van der Waals surface area contributed by atoms with Crippen LogP contribution in [0, 0.1) is 6.92 Å². The Morgan fingerprint density at radius 2 is 1.69 bits per heavy atom. The van der Waals surface area contributed by atoms with Crippen molar-refractivity contribution in [3.05, 3.63) is 65.7 Å². The highest BCUT2D eigenvalue weighted by atomic mass is 16.5. The number of nitrogens with two attached hydrogens (primary N) is 1. The van der Waals surface area contributed by atoms with Gasteiger partial charge in [-0.15, -0.1) is 0 Å². The number of hydrogen-bond donors (Lipinski definition) is 1. The molecule has 0 aromatic heterocycles. The lowest BCUT2D eigenvalue weighted by Crippen LogP contribution is -2.61. The van der Waals surface area contributed by atoms with Crippen molar-refractivity contribution in [3.63, 3.8) is 0 Å². The zero-order chi connectivity index (χ0) is 21.0. The van der Waals surface area contributed by atoms with Crippen LogP contribution in [0.15, 0.2) is 54.6 Å². The molecule has 0 saturated carbocycles. The zero-order valence-electron chi connectivity index (χ0n) is 16.6. The number of carbonyl (C=O) groups excluding carboxylic acids is 3. The van der Waals surface area contributed by atoms with Crippen molar-refractivity contribution in [3.8, 4) is 0 Å². The predicted molar refractivity (Wildman–Crippen MR) is 109 cm³/mol. The first kappa shape index (κ1) is 20.4. The second-order valence-corrected chi connectivity index (χ2v) is 7.08. The van der Waals surface area contributed by atoms with Gasteiger partial charge < -0.3 is 20.3 Å². The molecule has 2 atom stereocenters. The van der Waals surface area contributed by atoms with E-state index in [0.29, 0.717) is 18.7 Å². The van der Waals surface area contributed by atoms with Gasteiger partial charge >= 0.3 is 5.97 Å². The summed E-state index contributed by atoms with van der Waals surface area (Å²) >= 11 is 0. The molecule has 1 aliphatic heterocycles. The normalized spacial score (nSPS) is 17.5. The van der Waals surface area contributed by atoms with Gasteiger partial charge in [-0.2, -0.15) is 0 Å². The Morgan fingerprint density at radius 3 is 2.31 bits per heavy atom. The van der Waals surface area contributed by atoms with Gasteiger partial charge in [0.1, 0.15) is 6.04 Å². The number of ether oxygens (including phenoxy) is 1. The molecule has 7 nitrogen and oxygen atoms in total. The summed E-state index contributed by atoms with van der Waals surface area (Å²) in [5, 5.41) is 0. The van der Waals surface area contributed by atoms with E-state index in [-0.39, 0.29) is 6.54 Å². The number of benzene rings is 2. The maximum Gasteiger partial charge on any atom is 0.303 e. The number of piperazine rings is 1. The third-order valence-corrected chi connectivity index (χ3v) is 5.06. The highest BCUT2D eigenvalue weighted by Crippen LogP contribution is 2.26. The van der Waals surface area contributed by atoms with E-state index in [1.54, 1.807) is 24.3 Å². The summed E-state index contributed by atoms with van der Waals surface area (Å²) in [6.07, 6.45) is -1.11. The summed E-state index contributed by atoms with van der Waals surface area (Å²) in [4.78, 5) is 40.6. The minimum atomic E-state index is -1.11. The molecule has 152 valence electrons. The predicted octanol–water partition coefficient (Wildman–Crippen LogP) is 1.80. The van der Waals surface area contributed by atoms with Crippen LogP contribution >= 0.6 is 0 Å². The van der Waals surface area contributed by atoms with Crippen molar-refractivity contribution >= 4 is 23.5 Å². The van der Waals surface area contributed by atoms with Crippen molar-refractivity contribution in [1.29, 1.82) is 0 Å². The number of amides is 2. The van der Waals surface area contributed by atoms with E-state index in [1.807, 2.05) is 37.3 Å². The lowest BCUT2D eigenvalue weighted by molar-refractivity contribution is -0.161. The van der Waals surface area contributed by atoms with Crippen LogP contribution in [0.5, 0.6) is 0 Å². The monoisotopic (exact) mass is 395 g/mol. The van der Waals surface area contributed by atoms with Crippen molar-refractivity contribution in [2.75, 3.05) is 24.5 Å². The summed E-state index contributed by atoms with van der Waals surface area (Å²) < 4.78 is 5.31. The second kappa shape index (κ2) is 8.77. The van der Waals surface area contributed by atoms with Crippen LogP contribution in [0.3, 0.4) is 0 Å². The average molecular weight is 395 g/mol. The van der Waals surface area contributed by atoms with E-state index in [1.165, 1.54) is 11.8 Å². The number of primary amides is 1. The summed E-state index contributed by atoms with van der Waals surface area (Å²) in [5.74, 6) is -1.60. The van der Waals surface area contributed by atoms with Gasteiger partial charge in [0.25, 0.3) is 5.91 Å². The SMILES string of the molecule is CC(=O)OC(C(=O)N1CCN(c2ccccc2C)CC1C(N)=O)c1ccccc1.